The van der Waals surface area contributed by atoms with Crippen molar-refractivity contribution in [3.8, 4) is 5.75 Å². The van der Waals surface area contributed by atoms with Gasteiger partial charge in [0.15, 0.2) is 0 Å². The molecule has 140 valence electrons. The zero-order chi connectivity index (χ0) is 18.7. The first kappa shape index (κ1) is 18.6. The van der Waals surface area contributed by atoms with Crippen molar-refractivity contribution in [2.75, 3.05) is 40.8 Å². The molecular weight excluding hydrogens is 326 g/mol. The van der Waals surface area contributed by atoms with Gasteiger partial charge >= 0.3 is 0 Å². The molecule has 0 bridgehead atoms. The molecule has 2 aromatic rings. The van der Waals surface area contributed by atoms with Crippen LogP contribution in [0.1, 0.15) is 35.3 Å². The van der Waals surface area contributed by atoms with Crippen LogP contribution in [0.4, 0.5) is 0 Å². The van der Waals surface area contributed by atoms with Gasteiger partial charge in [-0.2, -0.15) is 0 Å². The predicted octanol–water partition coefficient (Wildman–Crippen LogP) is 3.36. The molecule has 0 unspecified atom stereocenters. The van der Waals surface area contributed by atoms with Crippen LogP contribution in [0.3, 0.4) is 0 Å². The van der Waals surface area contributed by atoms with E-state index in [1.54, 1.807) is 7.11 Å². The minimum absolute atomic E-state index is 0.103. The Kier molecular flexibility index (Phi) is 5.77. The number of methoxy groups -OCH3 is 1. The van der Waals surface area contributed by atoms with Crippen LogP contribution in [0.25, 0.3) is 10.9 Å². The quantitative estimate of drug-likeness (QED) is 0.825. The van der Waals surface area contributed by atoms with E-state index in [1.807, 2.05) is 36.1 Å². The smallest absolute Gasteiger partial charge is 0.255 e. The fourth-order valence-corrected chi connectivity index (χ4v) is 3.68. The van der Waals surface area contributed by atoms with Crippen molar-refractivity contribution in [1.82, 2.24) is 14.8 Å². The number of aryl methyl sites for hydroxylation is 1. The monoisotopic (exact) mass is 355 g/mol. The molecule has 1 amide bonds. The summed E-state index contributed by atoms with van der Waals surface area (Å²) in [7, 11) is 5.87. The van der Waals surface area contributed by atoms with Crippen LogP contribution in [-0.2, 0) is 0 Å². The summed E-state index contributed by atoms with van der Waals surface area (Å²) in [4.78, 5) is 21.9. The molecule has 2 heterocycles. The Bertz CT molecular complexity index is 780. The first-order chi connectivity index (χ1) is 12.5. The molecule has 0 spiro atoms. The number of nitrogens with zero attached hydrogens (tertiary/aromatic N) is 3. The van der Waals surface area contributed by atoms with E-state index >= 15 is 0 Å². The van der Waals surface area contributed by atoms with Crippen LogP contribution >= 0.6 is 0 Å². The fourth-order valence-electron chi connectivity index (χ4n) is 3.68. The Hall–Kier alpha value is -2.14. The summed E-state index contributed by atoms with van der Waals surface area (Å²) >= 11 is 0. The summed E-state index contributed by atoms with van der Waals surface area (Å²) in [6, 6.07) is 7.77. The number of fused-ring (bicyclic) bond motifs is 1. The number of carbonyl (C=O) groups is 1. The number of hydrogen-bond acceptors (Lipinski definition) is 4. The van der Waals surface area contributed by atoms with Crippen molar-refractivity contribution >= 4 is 16.8 Å². The average Bonchev–Trinajstić information content (AvgIpc) is 2.65. The van der Waals surface area contributed by atoms with E-state index in [-0.39, 0.29) is 5.91 Å². The lowest BCUT2D eigenvalue weighted by molar-refractivity contribution is 0.0682. The number of amides is 1. The molecule has 1 aromatic heterocycles. The largest absolute Gasteiger partial charge is 0.494 e. The molecule has 1 saturated heterocycles. The van der Waals surface area contributed by atoms with Gasteiger partial charge in [0, 0.05) is 18.5 Å². The molecule has 0 N–H and O–H groups in total. The van der Waals surface area contributed by atoms with Crippen molar-refractivity contribution in [2.45, 2.75) is 26.2 Å². The van der Waals surface area contributed by atoms with E-state index in [1.165, 1.54) is 6.42 Å². The Morgan fingerprint density at radius 2 is 2.04 bits per heavy atom. The maximum atomic E-state index is 13.0. The Morgan fingerprint density at radius 3 is 2.69 bits per heavy atom. The second kappa shape index (κ2) is 8.04. The van der Waals surface area contributed by atoms with Gasteiger partial charge in [0.05, 0.1) is 18.4 Å². The van der Waals surface area contributed by atoms with E-state index in [2.05, 4.69) is 24.0 Å². The lowest BCUT2D eigenvalue weighted by Gasteiger charge is -2.32. The van der Waals surface area contributed by atoms with Gasteiger partial charge in [-0.25, -0.2) is 4.98 Å². The predicted molar refractivity (Wildman–Crippen MR) is 105 cm³/mol. The van der Waals surface area contributed by atoms with Crippen LogP contribution in [0.15, 0.2) is 24.3 Å². The Labute approximate surface area is 156 Å². The molecular formula is C21H29N3O2. The highest BCUT2D eigenvalue weighted by Gasteiger charge is 2.25. The van der Waals surface area contributed by atoms with Crippen LogP contribution in [0.2, 0.25) is 0 Å². The van der Waals surface area contributed by atoms with Crippen molar-refractivity contribution in [3.63, 3.8) is 0 Å². The molecule has 3 rings (SSSR count). The lowest BCUT2D eigenvalue weighted by Crippen LogP contribution is -2.39. The summed E-state index contributed by atoms with van der Waals surface area (Å²) in [5.41, 5.74) is 2.28. The normalized spacial score (nSPS) is 15.7. The highest BCUT2D eigenvalue weighted by atomic mass is 16.5. The highest BCUT2D eigenvalue weighted by Crippen LogP contribution is 2.27. The number of likely N-dealkylation sites (tertiary alicyclic amines) is 1. The SMILES string of the molecule is COc1cccc2cc(C(=O)N3CCC(CCN(C)C)CC3)c(C)nc12. The number of benzene rings is 1. The van der Waals surface area contributed by atoms with Crippen molar-refractivity contribution in [3.05, 3.63) is 35.5 Å². The van der Waals surface area contributed by atoms with Crippen LogP contribution < -0.4 is 4.74 Å². The number of rotatable bonds is 5. The molecule has 0 saturated carbocycles. The maximum absolute atomic E-state index is 13.0. The lowest BCUT2D eigenvalue weighted by atomic mass is 9.93. The van der Waals surface area contributed by atoms with E-state index in [9.17, 15) is 4.79 Å². The molecule has 0 atom stereocenters. The van der Waals surface area contributed by atoms with Gasteiger partial charge in [-0.3, -0.25) is 4.79 Å². The van der Waals surface area contributed by atoms with Gasteiger partial charge in [0.2, 0.25) is 0 Å². The highest BCUT2D eigenvalue weighted by molar-refractivity contribution is 5.99. The molecule has 0 aliphatic carbocycles. The number of piperidine rings is 1. The summed E-state index contributed by atoms with van der Waals surface area (Å²) < 4.78 is 5.39. The van der Waals surface area contributed by atoms with E-state index in [0.717, 1.165) is 60.7 Å². The number of aromatic nitrogens is 1. The molecule has 1 aliphatic heterocycles. The van der Waals surface area contributed by atoms with Crippen LogP contribution in [0, 0.1) is 12.8 Å². The van der Waals surface area contributed by atoms with Crippen molar-refractivity contribution < 1.29 is 9.53 Å². The molecule has 1 aliphatic rings. The third kappa shape index (κ3) is 3.98. The minimum Gasteiger partial charge on any atom is -0.494 e. The van der Waals surface area contributed by atoms with Gasteiger partial charge in [0.25, 0.3) is 5.91 Å². The average molecular weight is 355 g/mol. The molecule has 0 radical (unpaired) electrons. The van der Waals surface area contributed by atoms with E-state index < -0.39 is 0 Å². The molecule has 26 heavy (non-hydrogen) atoms. The summed E-state index contributed by atoms with van der Waals surface area (Å²) in [6.45, 7) is 4.70. The number of hydrogen-bond donors (Lipinski definition) is 0. The van der Waals surface area contributed by atoms with E-state index in [0.29, 0.717) is 5.56 Å². The zero-order valence-corrected chi connectivity index (χ0v) is 16.3. The molecule has 5 heteroatoms. The second-order valence-electron chi connectivity index (χ2n) is 7.48. The number of ether oxygens (including phenoxy) is 1. The molecule has 1 aromatic carbocycles. The number of pyridine rings is 1. The topological polar surface area (TPSA) is 45.7 Å². The van der Waals surface area contributed by atoms with Gasteiger partial charge in [-0.05, 0) is 64.9 Å². The fraction of sp³-hybridized carbons (Fsp3) is 0.524. The van der Waals surface area contributed by atoms with Crippen molar-refractivity contribution in [2.24, 2.45) is 5.92 Å². The Balaban J connectivity index is 1.73. The van der Waals surface area contributed by atoms with Crippen LogP contribution in [0.5, 0.6) is 5.75 Å². The molecule has 1 fully saturated rings. The Morgan fingerprint density at radius 1 is 1.31 bits per heavy atom. The first-order valence-corrected chi connectivity index (χ1v) is 9.38. The third-order valence-electron chi connectivity index (χ3n) is 5.34. The second-order valence-corrected chi connectivity index (χ2v) is 7.48. The van der Waals surface area contributed by atoms with Crippen molar-refractivity contribution in [1.29, 1.82) is 0 Å². The standard InChI is InChI=1S/C21H29N3O2/c1-15-18(14-17-6-5-7-19(26-4)20(17)22-15)21(25)24-12-9-16(10-13-24)8-11-23(2)3/h5-7,14,16H,8-13H2,1-4H3. The van der Waals surface area contributed by atoms with Gasteiger partial charge < -0.3 is 14.5 Å². The maximum Gasteiger partial charge on any atom is 0.255 e. The molecule has 5 nitrogen and oxygen atoms in total. The summed E-state index contributed by atoms with van der Waals surface area (Å²) in [5.74, 6) is 1.57. The number of para-hydroxylation sites is 1. The number of carbonyl (C=O) groups excluding carboxylic acids is 1. The van der Waals surface area contributed by atoms with Gasteiger partial charge in [-0.15, -0.1) is 0 Å². The van der Waals surface area contributed by atoms with Crippen LogP contribution in [-0.4, -0.2) is 61.5 Å². The minimum atomic E-state index is 0.103. The van der Waals surface area contributed by atoms with E-state index in [4.69, 9.17) is 4.74 Å². The third-order valence-corrected chi connectivity index (χ3v) is 5.34. The summed E-state index contributed by atoms with van der Waals surface area (Å²) in [6.07, 6.45) is 3.40. The zero-order valence-electron chi connectivity index (χ0n) is 16.3. The van der Waals surface area contributed by atoms with Gasteiger partial charge in [-0.1, -0.05) is 12.1 Å². The van der Waals surface area contributed by atoms with Gasteiger partial charge in [0.1, 0.15) is 11.3 Å². The summed E-state index contributed by atoms with van der Waals surface area (Å²) in [5, 5.41) is 0.944. The first-order valence-electron chi connectivity index (χ1n) is 9.38.